The van der Waals surface area contributed by atoms with Crippen molar-refractivity contribution in [2.75, 3.05) is 13.2 Å². The molecule has 0 spiro atoms. The molecule has 9 nitrogen and oxygen atoms in total. The summed E-state index contributed by atoms with van der Waals surface area (Å²) < 4.78 is 11.3. The molecule has 0 aromatic carbocycles. The second-order valence-electron chi connectivity index (χ2n) is 24.6. The van der Waals surface area contributed by atoms with Crippen LogP contribution >= 0.6 is 0 Å². The molecular weight excluding hydrogens is 1050 g/mol. The predicted molar refractivity (Wildman–Crippen MR) is 364 cm³/mol. The van der Waals surface area contributed by atoms with Crippen molar-refractivity contribution >= 4 is 5.91 Å². The molecule has 0 bridgehead atoms. The van der Waals surface area contributed by atoms with Crippen LogP contribution in [0.1, 0.15) is 322 Å². The summed E-state index contributed by atoms with van der Waals surface area (Å²) in [7, 11) is 0. The Hall–Kier alpha value is -2.89. The van der Waals surface area contributed by atoms with Gasteiger partial charge in [-0.2, -0.15) is 0 Å². The average Bonchev–Trinajstić information content (AvgIpc) is 3.68. The Labute approximate surface area is 523 Å². The minimum absolute atomic E-state index is 0.189. The summed E-state index contributed by atoms with van der Waals surface area (Å²) in [5, 5.41) is 54.8. The molecule has 6 N–H and O–H groups in total. The standard InChI is InChI=1S/C76H135NO8/c1-3-5-7-9-11-13-15-17-19-21-23-25-27-29-31-33-34-35-36-38-40-42-44-46-48-50-52-54-56-58-60-62-64-66-72(80)77-69(68-84-76-75(83)74(82)73(81)71(67-78)85-76)70(79)65-63-61-59-57-55-53-51-49-47-45-43-41-39-37-32-30-28-26-24-22-20-18-16-14-12-10-8-6-4-2/h5,7,11,13,17,19,23,25,29,31,47,49,55,57,63,65,69-71,73-76,78-79,81-83H,3-4,6,8-10,12,14-16,18,20-22,24,26-28,30,32-46,48,50-54,56,58-62,64,66-68H2,1-2H3,(H,77,80)/b7-5-,13-11-,19-17-,25-23-,31-29-,49-47+,57-55+,65-63+. The van der Waals surface area contributed by atoms with Gasteiger partial charge in [0.05, 0.1) is 25.4 Å². The van der Waals surface area contributed by atoms with Crippen LogP contribution in [-0.2, 0) is 14.3 Å². The number of aliphatic hydroxyl groups is 5. The number of unbranched alkanes of at least 4 members (excludes halogenated alkanes) is 38. The number of aliphatic hydroxyl groups excluding tert-OH is 5. The Morgan fingerprint density at radius 3 is 1.13 bits per heavy atom. The van der Waals surface area contributed by atoms with Crippen LogP contribution in [0.15, 0.2) is 97.2 Å². The van der Waals surface area contributed by atoms with Crippen LogP contribution in [-0.4, -0.2) is 87.5 Å². The van der Waals surface area contributed by atoms with Crippen LogP contribution in [0.2, 0.25) is 0 Å². The van der Waals surface area contributed by atoms with Gasteiger partial charge in [0.15, 0.2) is 6.29 Å². The number of ether oxygens (including phenoxy) is 2. The summed E-state index contributed by atoms with van der Waals surface area (Å²) in [4.78, 5) is 13.1. The summed E-state index contributed by atoms with van der Waals surface area (Å²) in [6.07, 6.45) is 86.6. The molecule has 1 fully saturated rings. The number of carbonyl (C=O) groups is 1. The number of hydrogen-bond acceptors (Lipinski definition) is 8. The molecule has 0 aromatic rings. The lowest BCUT2D eigenvalue weighted by Gasteiger charge is -2.40. The van der Waals surface area contributed by atoms with E-state index >= 15 is 0 Å². The molecule has 1 aliphatic rings. The van der Waals surface area contributed by atoms with Crippen molar-refractivity contribution in [3.8, 4) is 0 Å². The first-order valence-electron chi connectivity index (χ1n) is 36.0. The molecule has 492 valence electrons. The minimum Gasteiger partial charge on any atom is -0.394 e. The van der Waals surface area contributed by atoms with E-state index < -0.39 is 49.5 Å². The van der Waals surface area contributed by atoms with Crippen molar-refractivity contribution in [3.63, 3.8) is 0 Å². The molecule has 7 unspecified atom stereocenters. The van der Waals surface area contributed by atoms with Crippen LogP contribution in [0.4, 0.5) is 0 Å². The molecule has 0 aromatic heterocycles. The van der Waals surface area contributed by atoms with E-state index in [1.54, 1.807) is 6.08 Å². The third-order valence-corrected chi connectivity index (χ3v) is 16.6. The molecule has 0 aliphatic carbocycles. The quantitative estimate of drug-likeness (QED) is 0.0261. The third-order valence-electron chi connectivity index (χ3n) is 16.6. The van der Waals surface area contributed by atoms with E-state index in [0.29, 0.717) is 6.42 Å². The number of carbonyl (C=O) groups excluding carboxylic acids is 1. The van der Waals surface area contributed by atoms with Crippen LogP contribution in [0.3, 0.4) is 0 Å². The van der Waals surface area contributed by atoms with Crippen molar-refractivity contribution in [2.24, 2.45) is 0 Å². The molecule has 7 atom stereocenters. The molecule has 1 heterocycles. The average molecular weight is 1190 g/mol. The van der Waals surface area contributed by atoms with Gasteiger partial charge in [-0.3, -0.25) is 4.79 Å². The molecule has 85 heavy (non-hydrogen) atoms. The van der Waals surface area contributed by atoms with E-state index in [4.69, 9.17) is 9.47 Å². The number of rotatable bonds is 62. The molecular formula is C76H135NO8. The van der Waals surface area contributed by atoms with Gasteiger partial charge in [0.25, 0.3) is 0 Å². The van der Waals surface area contributed by atoms with Gasteiger partial charge in [-0.05, 0) is 89.9 Å². The molecule has 1 saturated heterocycles. The van der Waals surface area contributed by atoms with E-state index in [1.807, 2.05) is 6.08 Å². The van der Waals surface area contributed by atoms with Crippen molar-refractivity contribution in [3.05, 3.63) is 97.2 Å². The molecule has 1 amide bonds. The van der Waals surface area contributed by atoms with Gasteiger partial charge in [0.2, 0.25) is 5.91 Å². The topological polar surface area (TPSA) is 149 Å². The van der Waals surface area contributed by atoms with Crippen LogP contribution in [0.5, 0.6) is 0 Å². The van der Waals surface area contributed by atoms with E-state index in [-0.39, 0.29) is 12.5 Å². The maximum absolute atomic E-state index is 13.1. The normalized spacial score (nSPS) is 18.7. The van der Waals surface area contributed by atoms with Gasteiger partial charge in [-0.15, -0.1) is 0 Å². The zero-order valence-corrected chi connectivity index (χ0v) is 55.1. The SMILES string of the molecule is CC/C=C\C/C=C\C/C=C\C/C=C\C/C=C\CCCCCCCCCCCCCCCCCCCC(=O)NC(COC1OC(CO)C(O)C(O)C1O)C(O)/C=C/CC/C=C/CC/C=C/CCCCCCCCCCCCCCCCCCCCC. The fourth-order valence-electron chi connectivity index (χ4n) is 11.0. The maximum Gasteiger partial charge on any atom is 0.220 e. The molecule has 0 saturated carbocycles. The van der Waals surface area contributed by atoms with Crippen molar-refractivity contribution in [2.45, 2.75) is 365 Å². The summed E-state index contributed by atoms with van der Waals surface area (Å²) in [6.45, 7) is 3.68. The lowest BCUT2D eigenvalue weighted by atomic mass is 9.99. The Morgan fingerprint density at radius 2 is 0.741 bits per heavy atom. The van der Waals surface area contributed by atoms with Crippen LogP contribution < -0.4 is 5.32 Å². The number of allylic oxidation sites excluding steroid dienone is 15. The van der Waals surface area contributed by atoms with E-state index in [9.17, 15) is 30.3 Å². The van der Waals surface area contributed by atoms with Gasteiger partial charge in [0.1, 0.15) is 24.4 Å². The zero-order chi connectivity index (χ0) is 61.4. The molecule has 1 rings (SSSR count). The highest BCUT2D eigenvalue weighted by Crippen LogP contribution is 2.23. The Morgan fingerprint density at radius 1 is 0.412 bits per heavy atom. The molecule has 1 aliphatic heterocycles. The Bertz CT molecular complexity index is 1670. The highest BCUT2D eigenvalue weighted by Gasteiger charge is 2.44. The van der Waals surface area contributed by atoms with E-state index in [2.05, 4.69) is 104 Å². The number of nitrogens with one attached hydrogen (secondary N) is 1. The Kier molecular flexibility index (Phi) is 60.4. The van der Waals surface area contributed by atoms with Gasteiger partial charge in [-0.25, -0.2) is 0 Å². The van der Waals surface area contributed by atoms with Crippen molar-refractivity contribution < 1.29 is 39.8 Å². The lowest BCUT2D eigenvalue weighted by Crippen LogP contribution is -2.60. The summed E-state index contributed by atoms with van der Waals surface area (Å²) in [5.74, 6) is -0.189. The van der Waals surface area contributed by atoms with Gasteiger partial charge in [-0.1, -0.05) is 323 Å². The third kappa shape index (κ3) is 52.7. The minimum atomic E-state index is -1.58. The van der Waals surface area contributed by atoms with Crippen molar-refractivity contribution in [1.82, 2.24) is 5.32 Å². The monoisotopic (exact) mass is 1190 g/mol. The van der Waals surface area contributed by atoms with Crippen LogP contribution in [0, 0.1) is 0 Å². The highest BCUT2D eigenvalue weighted by molar-refractivity contribution is 5.76. The first kappa shape index (κ1) is 80.1. The van der Waals surface area contributed by atoms with E-state index in [0.717, 1.165) is 77.0 Å². The first-order chi connectivity index (χ1) is 41.8. The largest absolute Gasteiger partial charge is 0.394 e. The lowest BCUT2D eigenvalue weighted by molar-refractivity contribution is -0.302. The zero-order valence-electron chi connectivity index (χ0n) is 55.1. The first-order valence-corrected chi connectivity index (χ1v) is 36.0. The maximum atomic E-state index is 13.1. The fraction of sp³-hybridized carbons (Fsp3) is 0.776. The summed E-state index contributed by atoms with van der Waals surface area (Å²) in [5.41, 5.74) is 0. The van der Waals surface area contributed by atoms with Crippen LogP contribution in [0.25, 0.3) is 0 Å². The molecule has 0 radical (unpaired) electrons. The Balaban J connectivity index is 2.15. The molecule has 9 heteroatoms. The fourth-order valence-corrected chi connectivity index (χ4v) is 11.0. The van der Waals surface area contributed by atoms with Gasteiger partial charge < -0.3 is 40.3 Å². The number of amides is 1. The number of hydrogen-bond donors (Lipinski definition) is 6. The smallest absolute Gasteiger partial charge is 0.220 e. The second kappa shape index (κ2) is 64.1. The highest BCUT2D eigenvalue weighted by atomic mass is 16.7. The summed E-state index contributed by atoms with van der Waals surface area (Å²) in [6, 6.07) is -0.834. The van der Waals surface area contributed by atoms with Gasteiger partial charge >= 0.3 is 0 Å². The second-order valence-corrected chi connectivity index (χ2v) is 24.6. The van der Waals surface area contributed by atoms with E-state index in [1.165, 1.54) is 225 Å². The summed E-state index contributed by atoms with van der Waals surface area (Å²) >= 11 is 0. The van der Waals surface area contributed by atoms with Crippen molar-refractivity contribution in [1.29, 1.82) is 0 Å². The van der Waals surface area contributed by atoms with Gasteiger partial charge in [0, 0.05) is 6.42 Å². The predicted octanol–water partition coefficient (Wildman–Crippen LogP) is 19.9.